The zero-order valence-electron chi connectivity index (χ0n) is 19.2. The molecule has 6 nitrogen and oxygen atoms in total. The Kier molecular flexibility index (Phi) is 6.18. The fraction of sp³-hybridized carbons (Fsp3) is 0.296. The highest BCUT2D eigenvalue weighted by Crippen LogP contribution is 2.35. The van der Waals surface area contributed by atoms with Crippen LogP contribution in [0.25, 0.3) is 5.69 Å². The summed E-state index contributed by atoms with van der Waals surface area (Å²) in [5, 5.41) is 2.84. The van der Waals surface area contributed by atoms with Crippen LogP contribution in [0.5, 0.6) is 5.75 Å². The van der Waals surface area contributed by atoms with Gasteiger partial charge in [0.15, 0.2) is 5.78 Å². The lowest BCUT2D eigenvalue weighted by Gasteiger charge is -2.32. The Labute approximate surface area is 193 Å². The van der Waals surface area contributed by atoms with Gasteiger partial charge in [0, 0.05) is 29.9 Å². The van der Waals surface area contributed by atoms with Crippen molar-refractivity contribution in [2.24, 2.45) is 5.41 Å². The Morgan fingerprint density at radius 1 is 1.03 bits per heavy atom. The number of hydrogen-bond acceptors (Lipinski definition) is 4. The monoisotopic (exact) mass is 444 g/mol. The normalized spacial score (nSPS) is 14.5. The number of ketones is 1. The molecule has 33 heavy (non-hydrogen) atoms. The van der Waals surface area contributed by atoms with E-state index in [0.29, 0.717) is 48.5 Å². The molecule has 4 rings (SSSR count). The van der Waals surface area contributed by atoms with Gasteiger partial charge in [-0.1, -0.05) is 44.2 Å². The van der Waals surface area contributed by atoms with Crippen molar-refractivity contribution in [1.82, 2.24) is 9.88 Å². The van der Waals surface area contributed by atoms with E-state index in [2.05, 4.69) is 5.32 Å². The Morgan fingerprint density at radius 3 is 2.39 bits per heavy atom. The van der Waals surface area contributed by atoms with Crippen LogP contribution in [0, 0.1) is 5.41 Å². The third-order valence-electron chi connectivity index (χ3n) is 6.01. The number of hydrogen-bond donors (Lipinski definition) is 1. The smallest absolute Gasteiger partial charge is 0.268 e. The maximum Gasteiger partial charge on any atom is 0.268 e. The quantitative estimate of drug-likeness (QED) is 0.624. The second-order valence-corrected chi connectivity index (χ2v) is 9.19. The van der Waals surface area contributed by atoms with Crippen LogP contribution in [0.15, 0.2) is 65.5 Å². The van der Waals surface area contributed by atoms with Crippen LogP contribution < -0.4 is 15.6 Å². The molecule has 0 aliphatic heterocycles. The molecule has 1 aromatic heterocycles. The molecule has 0 spiro atoms. The number of benzene rings is 2. The van der Waals surface area contributed by atoms with Crippen molar-refractivity contribution in [2.75, 3.05) is 13.7 Å². The first-order valence-electron chi connectivity index (χ1n) is 11.1. The molecular weight excluding hydrogens is 416 g/mol. The summed E-state index contributed by atoms with van der Waals surface area (Å²) in [4.78, 5) is 39.6. The maximum atomic E-state index is 13.5. The van der Waals surface area contributed by atoms with Crippen LogP contribution >= 0.6 is 0 Å². The van der Waals surface area contributed by atoms with E-state index in [1.54, 1.807) is 31.4 Å². The van der Waals surface area contributed by atoms with E-state index in [1.165, 1.54) is 10.6 Å². The summed E-state index contributed by atoms with van der Waals surface area (Å²) in [6, 6.07) is 18.3. The van der Waals surface area contributed by atoms with Crippen molar-refractivity contribution < 1.29 is 14.3 Å². The number of aromatic nitrogens is 1. The van der Waals surface area contributed by atoms with Crippen LogP contribution in [0.4, 0.5) is 0 Å². The van der Waals surface area contributed by atoms with Crippen LogP contribution in [0.1, 0.15) is 52.2 Å². The van der Waals surface area contributed by atoms with Gasteiger partial charge in [-0.3, -0.25) is 19.0 Å². The summed E-state index contributed by atoms with van der Waals surface area (Å²) < 4.78 is 6.75. The first-order chi connectivity index (χ1) is 15.8. The highest BCUT2D eigenvalue weighted by molar-refractivity contribution is 6.02. The minimum atomic E-state index is -0.473. The van der Waals surface area contributed by atoms with Gasteiger partial charge in [0.05, 0.1) is 7.11 Å². The van der Waals surface area contributed by atoms with Crippen molar-refractivity contribution >= 4 is 11.7 Å². The minimum absolute atomic E-state index is 0.0225. The highest BCUT2D eigenvalue weighted by Gasteiger charge is 2.35. The van der Waals surface area contributed by atoms with Crippen LogP contribution in [-0.4, -0.2) is 29.9 Å². The number of Topliss-reactive ketones (excluding diaryl/α,β-unsaturated/α-hetero) is 1. The second-order valence-electron chi connectivity index (χ2n) is 9.19. The van der Waals surface area contributed by atoms with E-state index >= 15 is 0 Å². The molecule has 1 N–H and O–H groups in total. The molecule has 0 radical (unpaired) electrons. The van der Waals surface area contributed by atoms with Gasteiger partial charge in [-0.15, -0.1) is 0 Å². The van der Waals surface area contributed by atoms with Crippen molar-refractivity contribution in [1.29, 1.82) is 0 Å². The number of carbonyl (C=O) groups is 2. The molecule has 0 atom stereocenters. The predicted octanol–water partition coefficient (Wildman–Crippen LogP) is 3.97. The van der Waals surface area contributed by atoms with E-state index in [1.807, 2.05) is 44.2 Å². The highest BCUT2D eigenvalue weighted by atomic mass is 16.5. The van der Waals surface area contributed by atoms with Crippen molar-refractivity contribution in [3.8, 4) is 11.4 Å². The number of nitrogens with one attached hydrogen (secondary N) is 1. The first-order valence-corrected chi connectivity index (χ1v) is 11.1. The van der Waals surface area contributed by atoms with E-state index < -0.39 is 11.5 Å². The molecule has 0 saturated heterocycles. The zero-order valence-corrected chi connectivity index (χ0v) is 19.2. The first kappa shape index (κ1) is 22.5. The summed E-state index contributed by atoms with van der Waals surface area (Å²) in [5.41, 5.74) is 2.06. The fourth-order valence-corrected chi connectivity index (χ4v) is 4.34. The molecular formula is C27H28N2O4. The summed E-state index contributed by atoms with van der Waals surface area (Å²) >= 11 is 0. The third-order valence-corrected chi connectivity index (χ3v) is 6.01. The van der Waals surface area contributed by atoms with Gasteiger partial charge in [0.25, 0.3) is 11.5 Å². The maximum absolute atomic E-state index is 13.5. The van der Waals surface area contributed by atoms with Gasteiger partial charge >= 0.3 is 0 Å². The van der Waals surface area contributed by atoms with Crippen molar-refractivity contribution in [2.45, 2.75) is 33.1 Å². The number of nitrogens with zero attached hydrogens (tertiary/aromatic N) is 1. The van der Waals surface area contributed by atoms with E-state index in [-0.39, 0.29) is 16.8 Å². The number of carbonyl (C=O) groups excluding carboxylic acids is 2. The molecule has 0 saturated carbocycles. The van der Waals surface area contributed by atoms with Gasteiger partial charge in [-0.05, 0) is 54.2 Å². The van der Waals surface area contributed by atoms with Crippen LogP contribution in [0.3, 0.4) is 0 Å². The molecule has 170 valence electrons. The topological polar surface area (TPSA) is 77.4 Å². The number of rotatable bonds is 6. The Morgan fingerprint density at radius 2 is 1.73 bits per heavy atom. The summed E-state index contributed by atoms with van der Waals surface area (Å²) in [6.07, 6.45) is 1.58. The van der Waals surface area contributed by atoms with Gasteiger partial charge in [0.2, 0.25) is 0 Å². The molecule has 1 aliphatic carbocycles. The molecule has 3 aromatic rings. The summed E-state index contributed by atoms with van der Waals surface area (Å²) in [5.74, 6) is 0.132. The Balaban J connectivity index is 1.73. The zero-order chi connectivity index (χ0) is 23.6. The van der Waals surface area contributed by atoms with Crippen LogP contribution in [-0.2, 0) is 12.8 Å². The Bertz CT molecular complexity index is 1240. The summed E-state index contributed by atoms with van der Waals surface area (Å²) in [6.45, 7) is 4.42. The number of fused-ring (bicyclic) bond motifs is 1. The predicted molar refractivity (Wildman–Crippen MR) is 128 cm³/mol. The molecule has 0 unspecified atom stereocenters. The molecule has 0 fully saturated rings. The third kappa shape index (κ3) is 4.75. The fourth-order valence-electron chi connectivity index (χ4n) is 4.34. The molecule has 2 aromatic carbocycles. The second kappa shape index (κ2) is 9.06. The van der Waals surface area contributed by atoms with Crippen molar-refractivity contribution in [3.63, 3.8) is 0 Å². The lowest BCUT2D eigenvalue weighted by molar-refractivity contribution is 0.0908. The molecule has 1 heterocycles. The average Bonchev–Trinajstić information content (AvgIpc) is 2.79. The largest absolute Gasteiger partial charge is 0.497 e. The Hall–Kier alpha value is -3.67. The van der Waals surface area contributed by atoms with Crippen LogP contribution in [0.2, 0.25) is 0 Å². The number of pyridine rings is 1. The van der Waals surface area contributed by atoms with Crippen molar-refractivity contribution in [3.05, 3.63) is 93.4 Å². The summed E-state index contributed by atoms with van der Waals surface area (Å²) in [7, 11) is 1.57. The van der Waals surface area contributed by atoms with Gasteiger partial charge in [0.1, 0.15) is 11.3 Å². The number of amides is 1. The lowest BCUT2D eigenvalue weighted by Crippen LogP contribution is -2.39. The van der Waals surface area contributed by atoms with Gasteiger partial charge < -0.3 is 10.1 Å². The average molecular weight is 445 g/mol. The lowest BCUT2D eigenvalue weighted by atomic mass is 9.75. The van der Waals surface area contributed by atoms with E-state index in [0.717, 1.165) is 5.56 Å². The number of methoxy groups -OCH3 is 1. The van der Waals surface area contributed by atoms with Gasteiger partial charge in [-0.2, -0.15) is 0 Å². The van der Waals surface area contributed by atoms with Gasteiger partial charge in [-0.25, -0.2) is 0 Å². The standard InChI is InChI=1S/C27H28N2O4/c1-27(2)16-23-21(24(30)17-27)15-22(25(31)28-14-13-18-7-5-4-6-8-18)26(32)29(23)19-9-11-20(33-3)12-10-19/h4-12,15H,13-14,16-17H2,1-3H3,(H,28,31). The van der Waals surface area contributed by atoms with E-state index in [4.69, 9.17) is 4.74 Å². The molecule has 0 bridgehead atoms. The molecule has 1 aliphatic rings. The molecule has 1 amide bonds. The minimum Gasteiger partial charge on any atom is -0.497 e. The van der Waals surface area contributed by atoms with E-state index in [9.17, 15) is 14.4 Å². The SMILES string of the molecule is COc1ccc(-n2c3c(cc(C(=O)NCCc4ccccc4)c2=O)C(=O)CC(C)(C)C3)cc1. The number of ether oxygens (including phenoxy) is 1. The molecule has 6 heteroatoms.